The minimum absolute atomic E-state index is 0.0455. The lowest BCUT2D eigenvalue weighted by atomic mass is 10.2. The minimum atomic E-state index is -0.0455. The summed E-state index contributed by atoms with van der Waals surface area (Å²) in [5.74, 6) is 0. The molecule has 0 atom stereocenters. The van der Waals surface area contributed by atoms with E-state index in [0.29, 0.717) is 18.7 Å². The van der Waals surface area contributed by atoms with Gasteiger partial charge in [0.05, 0.1) is 6.61 Å². The Kier molecular flexibility index (Phi) is 4.27. The van der Waals surface area contributed by atoms with Crippen LogP contribution >= 0.6 is 0 Å². The predicted molar refractivity (Wildman–Crippen MR) is 60.6 cm³/mol. The number of nitrogens with one attached hydrogen (secondary N) is 1. The Morgan fingerprint density at radius 2 is 2.40 bits per heavy atom. The van der Waals surface area contributed by atoms with Crippen LogP contribution in [0, 0.1) is 0 Å². The van der Waals surface area contributed by atoms with Gasteiger partial charge in [0, 0.05) is 31.9 Å². The van der Waals surface area contributed by atoms with E-state index in [-0.39, 0.29) is 12.2 Å². The van der Waals surface area contributed by atoms with Crippen LogP contribution in [-0.4, -0.2) is 22.8 Å². The van der Waals surface area contributed by atoms with Gasteiger partial charge in [-0.25, -0.2) is 0 Å². The summed E-state index contributed by atoms with van der Waals surface area (Å²) >= 11 is 0. The smallest absolute Gasteiger partial charge is 0.257 e. The van der Waals surface area contributed by atoms with Crippen molar-refractivity contribution in [2.75, 3.05) is 13.2 Å². The van der Waals surface area contributed by atoms with Gasteiger partial charge < -0.3 is 15.0 Å². The second-order valence-corrected chi connectivity index (χ2v) is 3.32. The Labute approximate surface area is 88.9 Å². The fourth-order valence-electron chi connectivity index (χ4n) is 1.36. The van der Waals surface area contributed by atoms with Crippen LogP contribution in [0.4, 0.5) is 0 Å². The van der Waals surface area contributed by atoms with E-state index in [9.17, 15) is 4.79 Å². The molecular formula is C11H16N2O2. The Morgan fingerprint density at radius 1 is 1.67 bits per heavy atom. The second-order valence-electron chi connectivity index (χ2n) is 3.32. The summed E-state index contributed by atoms with van der Waals surface area (Å²) in [4.78, 5) is 11.5. The van der Waals surface area contributed by atoms with E-state index in [4.69, 9.17) is 5.11 Å². The average Bonchev–Trinajstić information content (AvgIpc) is 2.23. The average molecular weight is 208 g/mol. The molecule has 1 aromatic heterocycles. The highest BCUT2D eigenvalue weighted by atomic mass is 16.3. The molecule has 0 aliphatic heterocycles. The first-order valence-corrected chi connectivity index (χ1v) is 4.82. The van der Waals surface area contributed by atoms with Crippen molar-refractivity contribution < 1.29 is 5.11 Å². The quantitative estimate of drug-likeness (QED) is 0.675. The largest absolute Gasteiger partial charge is 0.395 e. The molecule has 0 amide bonds. The standard InChI is InChI=1S/C11H16N2O2/c1-3-10-6-9(7-12-4-5-14)8-13(2)11(10)15/h3,6,8,12,14H,1,4-5,7H2,2H3. The van der Waals surface area contributed by atoms with Crippen molar-refractivity contribution in [3.8, 4) is 0 Å². The zero-order valence-corrected chi connectivity index (χ0v) is 8.86. The molecule has 0 aliphatic carbocycles. The highest BCUT2D eigenvalue weighted by Crippen LogP contribution is 2.00. The Hall–Kier alpha value is -1.39. The van der Waals surface area contributed by atoms with Gasteiger partial charge in [-0.15, -0.1) is 0 Å². The Balaban J connectivity index is 2.86. The number of rotatable bonds is 5. The van der Waals surface area contributed by atoms with E-state index < -0.39 is 0 Å². The number of hydrogen-bond acceptors (Lipinski definition) is 3. The van der Waals surface area contributed by atoms with Gasteiger partial charge in [0.25, 0.3) is 5.56 Å². The molecule has 0 fully saturated rings. The van der Waals surface area contributed by atoms with Crippen LogP contribution in [-0.2, 0) is 13.6 Å². The van der Waals surface area contributed by atoms with Crippen molar-refractivity contribution in [1.82, 2.24) is 9.88 Å². The fraction of sp³-hybridized carbons (Fsp3) is 0.364. The molecule has 15 heavy (non-hydrogen) atoms. The molecule has 4 heteroatoms. The summed E-state index contributed by atoms with van der Waals surface area (Å²) in [7, 11) is 1.71. The van der Waals surface area contributed by atoms with Gasteiger partial charge in [-0.2, -0.15) is 0 Å². The summed E-state index contributed by atoms with van der Waals surface area (Å²) in [6.07, 6.45) is 3.33. The number of aliphatic hydroxyl groups is 1. The monoisotopic (exact) mass is 208 g/mol. The first-order valence-electron chi connectivity index (χ1n) is 4.82. The first kappa shape index (κ1) is 11.7. The zero-order valence-electron chi connectivity index (χ0n) is 8.86. The molecule has 0 unspecified atom stereocenters. The van der Waals surface area contributed by atoms with Crippen LogP contribution in [0.2, 0.25) is 0 Å². The lowest BCUT2D eigenvalue weighted by Gasteiger charge is -2.06. The summed E-state index contributed by atoms with van der Waals surface area (Å²) in [6.45, 7) is 4.89. The van der Waals surface area contributed by atoms with Gasteiger partial charge >= 0.3 is 0 Å². The third-order valence-corrected chi connectivity index (χ3v) is 2.11. The molecule has 0 saturated heterocycles. The van der Waals surface area contributed by atoms with E-state index in [2.05, 4.69) is 11.9 Å². The van der Waals surface area contributed by atoms with Crippen LogP contribution in [0.1, 0.15) is 11.1 Å². The molecule has 1 aromatic rings. The zero-order chi connectivity index (χ0) is 11.3. The molecule has 0 spiro atoms. The number of aryl methyl sites for hydroxylation is 1. The van der Waals surface area contributed by atoms with Crippen LogP contribution < -0.4 is 10.9 Å². The molecule has 0 saturated carbocycles. The first-order chi connectivity index (χ1) is 7.19. The summed E-state index contributed by atoms with van der Waals surface area (Å²) in [5.41, 5.74) is 1.55. The maximum atomic E-state index is 11.5. The van der Waals surface area contributed by atoms with Crippen LogP contribution in [0.25, 0.3) is 6.08 Å². The summed E-state index contributed by atoms with van der Waals surface area (Å²) in [6, 6.07) is 1.81. The van der Waals surface area contributed by atoms with Crippen molar-refractivity contribution in [3.05, 3.63) is 40.3 Å². The minimum Gasteiger partial charge on any atom is -0.395 e. The van der Waals surface area contributed by atoms with Crippen molar-refractivity contribution in [2.24, 2.45) is 7.05 Å². The SMILES string of the molecule is C=Cc1cc(CNCCO)cn(C)c1=O. The molecule has 82 valence electrons. The highest BCUT2D eigenvalue weighted by Gasteiger charge is 2.00. The lowest BCUT2D eigenvalue weighted by molar-refractivity contribution is 0.292. The van der Waals surface area contributed by atoms with E-state index >= 15 is 0 Å². The molecule has 1 heterocycles. The third-order valence-electron chi connectivity index (χ3n) is 2.11. The summed E-state index contributed by atoms with van der Waals surface area (Å²) in [5, 5.41) is 11.7. The number of nitrogens with zero attached hydrogens (tertiary/aromatic N) is 1. The van der Waals surface area contributed by atoms with Gasteiger partial charge in [0.15, 0.2) is 0 Å². The van der Waals surface area contributed by atoms with E-state index in [0.717, 1.165) is 5.56 Å². The van der Waals surface area contributed by atoms with Gasteiger partial charge in [-0.1, -0.05) is 12.7 Å². The molecule has 1 rings (SSSR count). The maximum absolute atomic E-state index is 11.5. The third kappa shape index (κ3) is 3.04. The molecule has 0 aliphatic rings. The van der Waals surface area contributed by atoms with Crippen molar-refractivity contribution in [1.29, 1.82) is 0 Å². The number of hydrogen-bond donors (Lipinski definition) is 2. The van der Waals surface area contributed by atoms with Gasteiger partial charge in [0.2, 0.25) is 0 Å². The number of aromatic nitrogens is 1. The number of pyridine rings is 1. The normalized spacial score (nSPS) is 10.3. The van der Waals surface area contributed by atoms with Crippen molar-refractivity contribution in [3.63, 3.8) is 0 Å². The molecule has 0 bridgehead atoms. The van der Waals surface area contributed by atoms with Crippen molar-refractivity contribution >= 4 is 6.08 Å². The van der Waals surface area contributed by atoms with Crippen LogP contribution in [0.5, 0.6) is 0 Å². The second kappa shape index (κ2) is 5.48. The van der Waals surface area contributed by atoms with Gasteiger partial charge in [0.1, 0.15) is 0 Å². The van der Waals surface area contributed by atoms with E-state index in [1.165, 1.54) is 4.57 Å². The summed E-state index contributed by atoms with van der Waals surface area (Å²) < 4.78 is 1.53. The molecule has 4 nitrogen and oxygen atoms in total. The van der Waals surface area contributed by atoms with E-state index in [1.54, 1.807) is 25.4 Å². The highest BCUT2D eigenvalue weighted by molar-refractivity contribution is 5.46. The molecular weight excluding hydrogens is 192 g/mol. The molecule has 2 N–H and O–H groups in total. The van der Waals surface area contributed by atoms with Gasteiger partial charge in [-0.3, -0.25) is 4.79 Å². The fourth-order valence-corrected chi connectivity index (χ4v) is 1.36. The maximum Gasteiger partial charge on any atom is 0.257 e. The Bertz CT molecular complexity index is 396. The number of aliphatic hydroxyl groups excluding tert-OH is 1. The lowest BCUT2D eigenvalue weighted by Crippen LogP contribution is -2.22. The predicted octanol–water partition coefficient (Wildman–Crippen LogP) is 0.110. The molecule has 0 aromatic carbocycles. The van der Waals surface area contributed by atoms with Crippen LogP contribution in [0.3, 0.4) is 0 Å². The van der Waals surface area contributed by atoms with E-state index in [1.807, 2.05) is 0 Å². The van der Waals surface area contributed by atoms with Crippen molar-refractivity contribution in [2.45, 2.75) is 6.54 Å². The Morgan fingerprint density at radius 3 is 3.00 bits per heavy atom. The van der Waals surface area contributed by atoms with Gasteiger partial charge in [-0.05, 0) is 11.6 Å². The van der Waals surface area contributed by atoms with Crippen LogP contribution in [0.15, 0.2) is 23.6 Å². The topological polar surface area (TPSA) is 54.3 Å². The molecule has 0 radical (unpaired) electrons.